The minimum Gasteiger partial charge on any atom is -0.389 e. The molecule has 0 atom stereocenters. The first-order valence-corrected chi connectivity index (χ1v) is 7.81. The molecule has 1 aromatic rings. The van der Waals surface area contributed by atoms with Crippen molar-refractivity contribution in [3.8, 4) is 0 Å². The zero-order valence-corrected chi connectivity index (χ0v) is 13.6. The van der Waals surface area contributed by atoms with Crippen LogP contribution in [0.5, 0.6) is 0 Å². The van der Waals surface area contributed by atoms with E-state index in [1.165, 1.54) is 11.1 Å². The van der Waals surface area contributed by atoms with Gasteiger partial charge in [-0.05, 0) is 13.1 Å². The van der Waals surface area contributed by atoms with Gasteiger partial charge >= 0.3 is 6.18 Å². The number of aliphatic hydroxyl groups is 1. The van der Waals surface area contributed by atoms with Crippen molar-refractivity contribution >= 4 is 17.7 Å². The van der Waals surface area contributed by atoms with E-state index in [4.69, 9.17) is 5.41 Å². The predicted octanol–water partition coefficient (Wildman–Crippen LogP) is 0.570. The molecule has 0 saturated carbocycles. The maximum absolute atomic E-state index is 13.1. The van der Waals surface area contributed by atoms with Gasteiger partial charge < -0.3 is 25.6 Å². The summed E-state index contributed by atoms with van der Waals surface area (Å²) < 4.78 is 39.4. The third-order valence-corrected chi connectivity index (χ3v) is 4.14. The van der Waals surface area contributed by atoms with Crippen LogP contribution in [0.25, 0.3) is 5.57 Å². The standard InChI is InChI=1S/C15H19F3N6O/c1-23-5-10(6-23)20-4-9(3-19)12-2-13(15(16,17)18)22-14(21-12)24-7-11(25)8-24/h2-4,10-11,19-20,25H,5-8H2,1H3/b9-4+,19-3?. The van der Waals surface area contributed by atoms with Crippen molar-refractivity contribution < 1.29 is 18.3 Å². The highest BCUT2D eigenvalue weighted by Gasteiger charge is 2.36. The zero-order valence-electron chi connectivity index (χ0n) is 13.6. The average Bonchev–Trinajstić information content (AvgIpc) is 2.49. The molecule has 136 valence electrons. The highest BCUT2D eigenvalue weighted by Crippen LogP contribution is 2.31. The SMILES string of the molecule is CN1CC(N/C=C(\C=N)c2cc(C(F)(F)F)nc(N3CC(O)C3)n2)C1. The lowest BCUT2D eigenvalue weighted by molar-refractivity contribution is -0.141. The molecule has 1 aromatic heterocycles. The highest BCUT2D eigenvalue weighted by molar-refractivity contribution is 6.07. The number of anilines is 1. The summed E-state index contributed by atoms with van der Waals surface area (Å²) in [7, 11) is 1.97. The maximum atomic E-state index is 13.1. The van der Waals surface area contributed by atoms with Crippen molar-refractivity contribution in [1.82, 2.24) is 20.2 Å². The van der Waals surface area contributed by atoms with Gasteiger partial charge in [-0.1, -0.05) is 0 Å². The number of aromatic nitrogens is 2. The molecule has 2 fully saturated rings. The maximum Gasteiger partial charge on any atom is 0.433 e. The molecule has 2 saturated heterocycles. The van der Waals surface area contributed by atoms with E-state index in [1.54, 1.807) is 0 Å². The Bertz CT molecular complexity index is 680. The number of rotatable bonds is 5. The summed E-state index contributed by atoms with van der Waals surface area (Å²) in [6, 6.07) is 1.04. The third-order valence-electron chi connectivity index (χ3n) is 4.14. The summed E-state index contributed by atoms with van der Waals surface area (Å²) in [6.45, 7) is 2.04. The van der Waals surface area contributed by atoms with E-state index in [0.29, 0.717) is 0 Å². The van der Waals surface area contributed by atoms with Crippen LogP contribution in [-0.4, -0.2) is 71.6 Å². The van der Waals surface area contributed by atoms with Crippen LogP contribution in [-0.2, 0) is 6.18 Å². The second-order valence-corrected chi connectivity index (χ2v) is 6.32. The molecule has 3 heterocycles. The fourth-order valence-electron chi connectivity index (χ4n) is 2.69. The molecule has 0 aliphatic carbocycles. The van der Waals surface area contributed by atoms with Crippen LogP contribution in [0, 0.1) is 5.41 Å². The molecule has 0 spiro atoms. The molecule has 0 radical (unpaired) electrons. The Kier molecular flexibility index (Phi) is 4.65. The van der Waals surface area contributed by atoms with Gasteiger partial charge in [-0.25, -0.2) is 9.97 Å². The summed E-state index contributed by atoms with van der Waals surface area (Å²) in [4.78, 5) is 11.3. The van der Waals surface area contributed by atoms with Crippen LogP contribution in [0.4, 0.5) is 19.1 Å². The number of alkyl halides is 3. The molecule has 2 aliphatic rings. The average molecular weight is 356 g/mol. The first kappa shape index (κ1) is 17.6. The smallest absolute Gasteiger partial charge is 0.389 e. The number of likely N-dealkylation sites (N-methyl/N-ethyl adjacent to an activating group) is 1. The van der Waals surface area contributed by atoms with Crippen molar-refractivity contribution in [2.45, 2.75) is 18.3 Å². The number of halogens is 3. The third kappa shape index (κ3) is 3.90. The largest absolute Gasteiger partial charge is 0.433 e. The summed E-state index contributed by atoms with van der Waals surface area (Å²) in [5, 5.41) is 20.0. The number of allylic oxidation sites excluding steroid dienone is 1. The number of likely N-dealkylation sites (tertiary alicyclic amines) is 1. The molecule has 0 bridgehead atoms. The van der Waals surface area contributed by atoms with E-state index in [0.717, 1.165) is 25.4 Å². The second-order valence-electron chi connectivity index (χ2n) is 6.32. The molecule has 25 heavy (non-hydrogen) atoms. The summed E-state index contributed by atoms with van der Waals surface area (Å²) in [5.74, 6) is -0.0914. The van der Waals surface area contributed by atoms with E-state index in [2.05, 4.69) is 20.2 Å². The van der Waals surface area contributed by atoms with Crippen LogP contribution in [0.3, 0.4) is 0 Å². The Morgan fingerprint density at radius 3 is 2.52 bits per heavy atom. The summed E-state index contributed by atoms with van der Waals surface area (Å²) in [5.41, 5.74) is -0.802. The van der Waals surface area contributed by atoms with Crippen molar-refractivity contribution in [3.63, 3.8) is 0 Å². The topological polar surface area (TPSA) is 88.4 Å². The quantitative estimate of drug-likeness (QED) is 0.669. The van der Waals surface area contributed by atoms with Crippen molar-refractivity contribution in [1.29, 1.82) is 5.41 Å². The van der Waals surface area contributed by atoms with Crippen molar-refractivity contribution in [3.05, 3.63) is 23.7 Å². The number of β-amino-alcohol motifs (C(OH)–C–C–N with tert-alkyl or cyclic N) is 1. The Hall–Kier alpha value is -2.20. The normalized spacial score (nSPS) is 20.2. The van der Waals surface area contributed by atoms with Gasteiger partial charge in [0.25, 0.3) is 0 Å². The fourth-order valence-corrected chi connectivity index (χ4v) is 2.69. The van der Waals surface area contributed by atoms with E-state index in [9.17, 15) is 18.3 Å². The van der Waals surface area contributed by atoms with Crippen LogP contribution in [0.2, 0.25) is 0 Å². The Balaban J connectivity index is 1.88. The van der Waals surface area contributed by atoms with Gasteiger partial charge in [-0.3, -0.25) is 0 Å². The summed E-state index contributed by atoms with van der Waals surface area (Å²) in [6.07, 6.45) is -2.72. The van der Waals surface area contributed by atoms with Crippen molar-refractivity contribution in [2.24, 2.45) is 0 Å². The van der Waals surface area contributed by atoms with Gasteiger partial charge in [0.1, 0.15) is 0 Å². The number of hydrogen-bond acceptors (Lipinski definition) is 7. The van der Waals surface area contributed by atoms with Crippen LogP contribution in [0.1, 0.15) is 11.4 Å². The van der Waals surface area contributed by atoms with Gasteiger partial charge in [0, 0.05) is 44.2 Å². The molecule has 7 nitrogen and oxygen atoms in total. The number of nitrogens with zero attached hydrogens (tertiary/aromatic N) is 4. The molecule has 2 aliphatic heterocycles. The van der Waals surface area contributed by atoms with Gasteiger partial charge in [0.15, 0.2) is 5.69 Å². The lowest BCUT2D eigenvalue weighted by Crippen LogP contribution is -2.54. The molecule has 0 amide bonds. The first-order chi connectivity index (χ1) is 11.8. The van der Waals surface area contributed by atoms with Gasteiger partial charge in [-0.2, -0.15) is 13.2 Å². The molecule has 0 aromatic carbocycles. The number of nitrogens with one attached hydrogen (secondary N) is 2. The molecule has 0 unspecified atom stereocenters. The second kappa shape index (κ2) is 6.60. The lowest BCUT2D eigenvalue weighted by Gasteiger charge is -2.36. The Labute approximate surface area is 142 Å². The molecule has 3 N–H and O–H groups in total. The first-order valence-electron chi connectivity index (χ1n) is 7.81. The van der Waals surface area contributed by atoms with Gasteiger partial charge in [0.2, 0.25) is 5.95 Å². The lowest BCUT2D eigenvalue weighted by atomic mass is 10.1. The van der Waals surface area contributed by atoms with Crippen LogP contribution < -0.4 is 10.2 Å². The van der Waals surface area contributed by atoms with Crippen molar-refractivity contribution in [2.75, 3.05) is 38.1 Å². The zero-order chi connectivity index (χ0) is 18.2. The van der Waals surface area contributed by atoms with Gasteiger partial charge in [0.05, 0.1) is 17.8 Å². The number of aliphatic hydroxyl groups excluding tert-OH is 1. The molecular formula is C15H19F3N6O. The van der Waals surface area contributed by atoms with E-state index >= 15 is 0 Å². The predicted molar refractivity (Wildman–Crippen MR) is 86.4 cm³/mol. The molecule has 3 rings (SSSR count). The minimum atomic E-state index is -4.62. The molecular weight excluding hydrogens is 337 g/mol. The van der Waals surface area contributed by atoms with Gasteiger partial charge in [-0.15, -0.1) is 0 Å². The van der Waals surface area contributed by atoms with E-state index in [-0.39, 0.29) is 36.3 Å². The van der Waals surface area contributed by atoms with Crippen LogP contribution >= 0.6 is 0 Å². The fraction of sp³-hybridized carbons (Fsp3) is 0.533. The summed E-state index contributed by atoms with van der Waals surface area (Å²) >= 11 is 0. The van der Waals surface area contributed by atoms with E-state index in [1.807, 2.05) is 7.05 Å². The van der Waals surface area contributed by atoms with E-state index < -0.39 is 18.0 Å². The Morgan fingerprint density at radius 2 is 2.00 bits per heavy atom. The minimum absolute atomic E-state index is 0.0221. The molecule has 10 heteroatoms. The monoisotopic (exact) mass is 356 g/mol. The Morgan fingerprint density at radius 1 is 1.32 bits per heavy atom. The highest BCUT2D eigenvalue weighted by atomic mass is 19.4. The van der Waals surface area contributed by atoms with Crippen LogP contribution in [0.15, 0.2) is 12.3 Å². The number of hydrogen-bond donors (Lipinski definition) is 3.